The molecule has 1 aromatic heterocycles. The molecular formula is C17H20N4O2S2. The SMILES string of the molecule is Cc1nnc(SCC(=O)NCc2ccc(C(=O)N3CCCC3)cc2)s1. The molecule has 2 aromatic rings. The Morgan fingerprint density at radius 3 is 2.56 bits per heavy atom. The molecule has 6 nitrogen and oxygen atoms in total. The van der Waals surface area contributed by atoms with Gasteiger partial charge in [-0.05, 0) is 37.5 Å². The highest BCUT2D eigenvalue weighted by atomic mass is 32.2. The molecule has 1 aromatic carbocycles. The van der Waals surface area contributed by atoms with E-state index >= 15 is 0 Å². The number of likely N-dealkylation sites (tertiary alicyclic amines) is 1. The second-order valence-electron chi connectivity index (χ2n) is 5.85. The van der Waals surface area contributed by atoms with Crippen molar-refractivity contribution in [3.8, 4) is 0 Å². The van der Waals surface area contributed by atoms with Crippen molar-refractivity contribution in [2.24, 2.45) is 0 Å². The fourth-order valence-corrected chi connectivity index (χ4v) is 4.23. The maximum absolute atomic E-state index is 12.3. The van der Waals surface area contributed by atoms with Crippen LogP contribution in [-0.2, 0) is 11.3 Å². The zero-order valence-electron chi connectivity index (χ0n) is 14.0. The maximum atomic E-state index is 12.3. The molecule has 1 fully saturated rings. The first-order valence-electron chi connectivity index (χ1n) is 8.19. The molecule has 1 aliphatic rings. The number of aromatic nitrogens is 2. The van der Waals surface area contributed by atoms with Crippen molar-refractivity contribution in [1.29, 1.82) is 0 Å². The zero-order valence-corrected chi connectivity index (χ0v) is 15.7. The lowest BCUT2D eigenvalue weighted by Crippen LogP contribution is -2.27. The Bertz CT molecular complexity index is 739. The number of nitrogens with one attached hydrogen (secondary N) is 1. The van der Waals surface area contributed by atoms with E-state index in [4.69, 9.17) is 0 Å². The average Bonchev–Trinajstić information content (AvgIpc) is 3.30. The Balaban J connectivity index is 1.44. The third-order valence-electron chi connectivity index (χ3n) is 3.92. The van der Waals surface area contributed by atoms with Crippen LogP contribution in [0, 0.1) is 6.92 Å². The van der Waals surface area contributed by atoms with Gasteiger partial charge in [-0.25, -0.2) is 0 Å². The van der Waals surface area contributed by atoms with E-state index in [2.05, 4.69) is 15.5 Å². The van der Waals surface area contributed by atoms with E-state index in [1.54, 1.807) is 0 Å². The number of benzene rings is 1. The summed E-state index contributed by atoms with van der Waals surface area (Å²) in [5.41, 5.74) is 1.68. The molecule has 1 saturated heterocycles. The third kappa shape index (κ3) is 5.02. The van der Waals surface area contributed by atoms with Crippen LogP contribution in [0.5, 0.6) is 0 Å². The zero-order chi connectivity index (χ0) is 17.6. The minimum absolute atomic E-state index is 0.0462. The molecule has 0 radical (unpaired) electrons. The number of nitrogens with zero attached hydrogens (tertiary/aromatic N) is 3. The van der Waals surface area contributed by atoms with Crippen molar-refractivity contribution >= 4 is 34.9 Å². The van der Waals surface area contributed by atoms with Crippen LogP contribution in [0.4, 0.5) is 0 Å². The molecule has 132 valence electrons. The van der Waals surface area contributed by atoms with E-state index in [9.17, 15) is 9.59 Å². The first kappa shape index (κ1) is 17.9. The lowest BCUT2D eigenvalue weighted by molar-refractivity contribution is -0.118. The molecule has 25 heavy (non-hydrogen) atoms. The minimum atomic E-state index is -0.0462. The van der Waals surface area contributed by atoms with E-state index < -0.39 is 0 Å². The summed E-state index contributed by atoms with van der Waals surface area (Å²) in [6.45, 7) is 4.04. The summed E-state index contributed by atoms with van der Waals surface area (Å²) < 4.78 is 0.803. The van der Waals surface area contributed by atoms with Crippen molar-refractivity contribution in [1.82, 2.24) is 20.4 Å². The molecule has 0 atom stereocenters. The number of amides is 2. The van der Waals surface area contributed by atoms with Gasteiger partial charge in [0.1, 0.15) is 5.01 Å². The highest BCUT2D eigenvalue weighted by Crippen LogP contribution is 2.21. The van der Waals surface area contributed by atoms with E-state index in [1.165, 1.54) is 23.1 Å². The van der Waals surface area contributed by atoms with Crippen LogP contribution < -0.4 is 5.32 Å². The summed E-state index contributed by atoms with van der Waals surface area (Å²) in [4.78, 5) is 26.1. The van der Waals surface area contributed by atoms with Crippen LogP contribution in [0.15, 0.2) is 28.6 Å². The van der Waals surface area contributed by atoms with Gasteiger partial charge in [0.25, 0.3) is 5.91 Å². The largest absolute Gasteiger partial charge is 0.351 e. The minimum Gasteiger partial charge on any atom is -0.351 e. The number of carbonyl (C=O) groups is 2. The number of aryl methyl sites for hydroxylation is 1. The van der Waals surface area contributed by atoms with Gasteiger partial charge in [-0.15, -0.1) is 10.2 Å². The van der Waals surface area contributed by atoms with E-state index in [-0.39, 0.29) is 11.8 Å². The van der Waals surface area contributed by atoms with Crippen LogP contribution in [-0.4, -0.2) is 45.8 Å². The highest BCUT2D eigenvalue weighted by Gasteiger charge is 2.19. The Hall–Kier alpha value is -1.93. The smallest absolute Gasteiger partial charge is 0.253 e. The van der Waals surface area contributed by atoms with Gasteiger partial charge in [-0.2, -0.15) is 0 Å². The fourth-order valence-electron chi connectivity index (χ4n) is 2.58. The standard InChI is InChI=1S/C17H20N4O2S2/c1-12-19-20-17(25-12)24-11-15(22)18-10-13-4-6-14(7-5-13)16(23)21-8-2-3-9-21/h4-7H,2-3,8-11H2,1H3,(H,18,22). The molecule has 3 rings (SSSR count). The van der Waals surface area contributed by atoms with Crippen LogP contribution in [0.25, 0.3) is 0 Å². The molecule has 2 heterocycles. The monoisotopic (exact) mass is 376 g/mol. The van der Waals surface area contributed by atoms with E-state index in [0.29, 0.717) is 17.9 Å². The van der Waals surface area contributed by atoms with Crippen LogP contribution in [0.1, 0.15) is 33.8 Å². The number of rotatable bonds is 6. The van der Waals surface area contributed by atoms with Crippen molar-refractivity contribution in [2.75, 3.05) is 18.8 Å². The van der Waals surface area contributed by atoms with Crippen LogP contribution in [0.2, 0.25) is 0 Å². The highest BCUT2D eigenvalue weighted by molar-refractivity contribution is 8.01. The predicted octanol–water partition coefficient (Wildman–Crippen LogP) is 2.49. The number of carbonyl (C=O) groups excluding carboxylic acids is 2. The third-order valence-corrected chi connectivity index (χ3v) is 5.89. The van der Waals surface area contributed by atoms with Crippen molar-refractivity contribution in [3.63, 3.8) is 0 Å². The van der Waals surface area contributed by atoms with Gasteiger partial charge in [0.15, 0.2) is 4.34 Å². The van der Waals surface area contributed by atoms with Crippen LogP contribution >= 0.6 is 23.1 Å². The van der Waals surface area contributed by atoms with Gasteiger partial charge in [0, 0.05) is 25.2 Å². The number of hydrogen-bond donors (Lipinski definition) is 1. The lowest BCUT2D eigenvalue weighted by Gasteiger charge is -2.15. The normalized spacial score (nSPS) is 13.9. The van der Waals surface area contributed by atoms with Crippen molar-refractivity contribution in [3.05, 3.63) is 40.4 Å². The summed E-state index contributed by atoms with van der Waals surface area (Å²) >= 11 is 2.87. The molecule has 1 N–H and O–H groups in total. The summed E-state index contributed by atoms with van der Waals surface area (Å²) in [5, 5.41) is 11.7. The summed E-state index contributed by atoms with van der Waals surface area (Å²) in [7, 11) is 0. The maximum Gasteiger partial charge on any atom is 0.253 e. The Labute approximate surface area is 155 Å². The molecule has 0 unspecified atom stereocenters. The van der Waals surface area contributed by atoms with Gasteiger partial charge >= 0.3 is 0 Å². The molecule has 0 aliphatic carbocycles. The molecule has 0 saturated carbocycles. The predicted molar refractivity (Wildman–Crippen MR) is 98.8 cm³/mol. The molecule has 2 amide bonds. The molecule has 0 bridgehead atoms. The first-order chi connectivity index (χ1) is 12.1. The quantitative estimate of drug-likeness (QED) is 0.784. The van der Waals surface area contributed by atoms with Crippen molar-refractivity contribution in [2.45, 2.75) is 30.6 Å². The molecule has 8 heteroatoms. The van der Waals surface area contributed by atoms with Gasteiger partial charge in [0.2, 0.25) is 5.91 Å². The van der Waals surface area contributed by atoms with Crippen molar-refractivity contribution < 1.29 is 9.59 Å². The van der Waals surface area contributed by atoms with Gasteiger partial charge in [-0.3, -0.25) is 9.59 Å². The fraction of sp³-hybridized carbons (Fsp3) is 0.412. The van der Waals surface area contributed by atoms with Gasteiger partial charge < -0.3 is 10.2 Å². The second kappa shape index (κ2) is 8.44. The van der Waals surface area contributed by atoms with Crippen LogP contribution in [0.3, 0.4) is 0 Å². The lowest BCUT2D eigenvalue weighted by atomic mass is 10.1. The van der Waals surface area contributed by atoms with Gasteiger partial charge in [-0.1, -0.05) is 35.2 Å². The molecular weight excluding hydrogens is 356 g/mol. The molecule has 0 spiro atoms. The summed E-state index contributed by atoms with van der Waals surface area (Å²) in [6.07, 6.45) is 2.18. The van der Waals surface area contributed by atoms with E-state index in [1.807, 2.05) is 36.1 Å². The number of thioether (sulfide) groups is 1. The second-order valence-corrected chi connectivity index (χ2v) is 8.25. The summed E-state index contributed by atoms with van der Waals surface area (Å²) in [5.74, 6) is 0.368. The topological polar surface area (TPSA) is 75.2 Å². The number of hydrogen-bond acceptors (Lipinski definition) is 6. The molecule has 1 aliphatic heterocycles. The Morgan fingerprint density at radius 2 is 1.92 bits per heavy atom. The Kier molecular flexibility index (Phi) is 6.04. The van der Waals surface area contributed by atoms with Gasteiger partial charge in [0.05, 0.1) is 5.75 Å². The summed E-state index contributed by atoms with van der Waals surface area (Å²) in [6, 6.07) is 7.46. The van der Waals surface area contributed by atoms with E-state index in [0.717, 1.165) is 40.8 Å². The first-order valence-corrected chi connectivity index (χ1v) is 10.00. The Morgan fingerprint density at radius 1 is 1.20 bits per heavy atom. The average molecular weight is 377 g/mol.